The van der Waals surface area contributed by atoms with E-state index < -0.39 is 0 Å². The summed E-state index contributed by atoms with van der Waals surface area (Å²) in [6.45, 7) is 0. The normalized spacial score (nSPS) is 24.4. The molecule has 0 unspecified atom stereocenters. The van der Waals surface area contributed by atoms with Gasteiger partial charge in [-0.2, -0.15) is 0 Å². The Morgan fingerprint density at radius 2 is 1.88 bits per heavy atom. The van der Waals surface area contributed by atoms with Crippen molar-refractivity contribution in [2.45, 2.75) is 44.1 Å². The van der Waals surface area contributed by atoms with Crippen molar-refractivity contribution in [2.24, 2.45) is 0 Å². The molecule has 0 radical (unpaired) electrons. The molecule has 0 amide bonds. The van der Waals surface area contributed by atoms with Gasteiger partial charge in [-0.05, 0) is 24.8 Å². The summed E-state index contributed by atoms with van der Waals surface area (Å²) in [7, 11) is 0. The van der Waals surface area contributed by atoms with Crippen LogP contribution in [0.3, 0.4) is 0 Å². The Bertz CT molecular complexity index is 444. The summed E-state index contributed by atoms with van der Waals surface area (Å²) >= 11 is 5.99. The highest BCUT2D eigenvalue weighted by Gasteiger charge is 2.36. The van der Waals surface area contributed by atoms with Crippen LogP contribution in [0.1, 0.15) is 43.2 Å². The predicted molar refractivity (Wildman–Crippen MR) is 72.9 cm³/mol. The molecule has 1 aliphatic carbocycles. The van der Waals surface area contributed by atoms with E-state index in [-0.39, 0.29) is 5.54 Å². The van der Waals surface area contributed by atoms with Crippen molar-refractivity contribution >= 4 is 17.3 Å². The van der Waals surface area contributed by atoms with Gasteiger partial charge in [-0.25, -0.2) is 0 Å². The number of rotatable bonds is 0. The van der Waals surface area contributed by atoms with E-state index in [4.69, 9.17) is 11.6 Å². The predicted octanol–water partition coefficient (Wildman–Crippen LogP) is 4.07. The van der Waals surface area contributed by atoms with Crippen LogP contribution in [0.15, 0.2) is 29.8 Å². The lowest BCUT2D eigenvalue weighted by atomic mass is 9.74. The Kier molecular flexibility index (Phi) is 2.87. The Hall–Kier alpha value is -0.950. The highest BCUT2D eigenvalue weighted by Crippen LogP contribution is 2.38. The maximum Gasteiger partial charge on any atom is 0.0535 e. The van der Waals surface area contributed by atoms with E-state index in [1.54, 1.807) is 5.54 Å². The minimum atomic E-state index is 0.271. The maximum absolute atomic E-state index is 5.99. The molecular weight excluding hydrogens is 230 g/mol. The van der Waals surface area contributed by atoms with Crippen molar-refractivity contribution in [2.75, 3.05) is 0 Å². The molecule has 1 nitrogen and oxygen atoms in total. The molecule has 1 aliphatic heterocycles. The smallest absolute Gasteiger partial charge is 0.0535 e. The highest BCUT2D eigenvalue weighted by atomic mass is 35.5. The molecule has 0 bridgehead atoms. The second-order valence-corrected chi connectivity index (χ2v) is 5.54. The fourth-order valence-corrected chi connectivity index (χ4v) is 3.49. The molecule has 17 heavy (non-hydrogen) atoms. The van der Waals surface area contributed by atoms with Crippen LogP contribution in [0.25, 0.3) is 5.70 Å². The van der Waals surface area contributed by atoms with E-state index >= 15 is 0 Å². The van der Waals surface area contributed by atoms with Crippen LogP contribution in [0, 0.1) is 0 Å². The molecule has 1 saturated carbocycles. The number of fused-ring (bicyclic) bond motifs is 1. The second kappa shape index (κ2) is 4.38. The molecule has 1 N–H and O–H groups in total. The Morgan fingerprint density at radius 3 is 2.65 bits per heavy atom. The van der Waals surface area contributed by atoms with Gasteiger partial charge >= 0.3 is 0 Å². The number of nitrogens with one attached hydrogen (secondary N) is 1. The fraction of sp³-hybridized carbons (Fsp3) is 0.467. The van der Waals surface area contributed by atoms with Crippen molar-refractivity contribution < 1.29 is 0 Å². The summed E-state index contributed by atoms with van der Waals surface area (Å²) in [6, 6.07) is 8.62. The molecule has 0 aromatic heterocycles. The lowest BCUT2D eigenvalue weighted by molar-refractivity contribution is 0.253. The van der Waals surface area contributed by atoms with E-state index in [1.807, 2.05) is 0 Å². The summed E-state index contributed by atoms with van der Waals surface area (Å²) in [5.41, 5.74) is 5.80. The second-order valence-electron chi connectivity index (χ2n) is 5.32. The summed E-state index contributed by atoms with van der Waals surface area (Å²) in [5, 5.41) is 3.70. The first kappa shape index (κ1) is 11.2. The van der Waals surface area contributed by atoms with Crippen molar-refractivity contribution in [3.05, 3.63) is 40.9 Å². The summed E-state index contributed by atoms with van der Waals surface area (Å²) in [5.74, 6) is 0. The van der Waals surface area contributed by atoms with E-state index in [0.29, 0.717) is 0 Å². The summed E-state index contributed by atoms with van der Waals surface area (Å²) < 4.78 is 0. The number of benzene rings is 1. The van der Waals surface area contributed by atoms with Crippen molar-refractivity contribution in [1.82, 2.24) is 5.32 Å². The van der Waals surface area contributed by atoms with Crippen molar-refractivity contribution in [3.8, 4) is 0 Å². The first-order valence-electron chi connectivity index (χ1n) is 6.50. The van der Waals surface area contributed by atoms with Crippen LogP contribution >= 0.6 is 11.6 Å². The summed E-state index contributed by atoms with van der Waals surface area (Å²) in [4.78, 5) is 0. The van der Waals surface area contributed by atoms with Gasteiger partial charge in [0.25, 0.3) is 0 Å². The molecule has 1 fully saturated rings. The maximum atomic E-state index is 5.99. The van der Waals surface area contributed by atoms with E-state index in [0.717, 1.165) is 12.1 Å². The minimum Gasteiger partial charge on any atom is -0.378 e. The van der Waals surface area contributed by atoms with E-state index in [2.05, 4.69) is 29.6 Å². The number of hydrogen-bond acceptors (Lipinski definition) is 1. The van der Waals surface area contributed by atoms with Gasteiger partial charge in [-0.3, -0.25) is 0 Å². The fourth-order valence-electron chi connectivity index (χ4n) is 3.32. The van der Waals surface area contributed by atoms with Crippen LogP contribution in [0.5, 0.6) is 0 Å². The Balaban J connectivity index is 2.00. The molecule has 1 aromatic carbocycles. The monoisotopic (exact) mass is 247 g/mol. The third-order valence-corrected chi connectivity index (χ3v) is 4.37. The first-order chi connectivity index (χ1) is 8.33. The Morgan fingerprint density at radius 1 is 1.12 bits per heavy atom. The molecule has 0 saturated heterocycles. The number of halogens is 1. The van der Waals surface area contributed by atoms with Crippen LogP contribution in [-0.2, 0) is 6.42 Å². The quantitative estimate of drug-likeness (QED) is 0.729. The topological polar surface area (TPSA) is 12.0 Å². The van der Waals surface area contributed by atoms with Gasteiger partial charge in [-0.1, -0.05) is 55.1 Å². The molecular formula is C15H18ClN. The molecule has 90 valence electrons. The molecule has 1 heterocycles. The van der Waals surface area contributed by atoms with E-state index in [9.17, 15) is 0 Å². The van der Waals surface area contributed by atoms with Crippen LogP contribution in [-0.4, -0.2) is 5.54 Å². The Labute approximate surface area is 108 Å². The number of hydrogen-bond donors (Lipinski definition) is 1. The molecule has 1 spiro atoms. The van der Waals surface area contributed by atoms with Gasteiger partial charge in [0.05, 0.1) is 5.70 Å². The molecule has 2 aliphatic rings. The van der Waals surface area contributed by atoms with Crippen LogP contribution < -0.4 is 5.32 Å². The van der Waals surface area contributed by atoms with Gasteiger partial charge < -0.3 is 5.32 Å². The van der Waals surface area contributed by atoms with Crippen molar-refractivity contribution in [1.29, 1.82) is 0 Å². The zero-order valence-electron chi connectivity index (χ0n) is 10.0. The van der Waals surface area contributed by atoms with Crippen molar-refractivity contribution in [3.63, 3.8) is 0 Å². The SMILES string of the molecule is ClC=C1NC2(CCCCC2)Cc2ccccc21. The zero-order chi connectivity index (χ0) is 11.7. The highest BCUT2D eigenvalue weighted by molar-refractivity contribution is 6.28. The van der Waals surface area contributed by atoms with Gasteiger partial charge in [0.1, 0.15) is 0 Å². The average molecular weight is 248 g/mol. The largest absolute Gasteiger partial charge is 0.378 e. The van der Waals surface area contributed by atoms with Gasteiger partial charge in [0.15, 0.2) is 0 Å². The molecule has 2 heteroatoms. The third-order valence-electron chi connectivity index (χ3n) is 4.16. The van der Waals surface area contributed by atoms with Crippen LogP contribution in [0.4, 0.5) is 0 Å². The van der Waals surface area contributed by atoms with Crippen LogP contribution in [0.2, 0.25) is 0 Å². The molecule has 1 aromatic rings. The lowest BCUT2D eigenvalue weighted by Gasteiger charge is -2.43. The zero-order valence-corrected chi connectivity index (χ0v) is 10.8. The summed E-state index contributed by atoms with van der Waals surface area (Å²) in [6.07, 6.45) is 7.75. The lowest BCUT2D eigenvalue weighted by Crippen LogP contribution is -2.50. The molecule has 0 atom stereocenters. The third kappa shape index (κ3) is 1.97. The average Bonchev–Trinajstić information content (AvgIpc) is 2.38. The van der Waals surface area contributed by atoms with E-state index in [1.165, 1.54) is 43.2 Å². The molecule has 3 rings (SSSR count). The van der Waals surface area contributed by atoms with Gasteiger partial charge in [-0.15, -0.1) is 0 Å². The minimum absolute atomic E-state index is 0.271. The standard InChI is InChI=1S/C15H18ClN/c16-11-14-13-7-3-2-6-12(13)10-15(17-14)8-4-1-5-9-15/h2-3,6-7,11,17H,1,4-5,8-10H2. The van der Waals surface area contributed by atoms with Gasteiger partial charge in [0, 0.05) is 16.6 Å². The first-order valence-corrected chi connectivity index (χ1v) is 6.93. The van der Waals surface area contributed by atoms with Gasteiger partial charge in [0.2, 0.25) is 0 Å².